The average Bonchev–Trinajstić information content (AvgIpc) is 3.02. The molecule has 0 aliphatic heterocycles. The number of ether oxygens (including phenoxy) is 1. The monoisotopic (exact) mass is 409 g/mol. The molecule has 27 heavy (non-hydrogen) atoms. The smallest absolute Gasteiger partial charge is 0.321 e. The van der Waals surface area contributed by atoms with Gasteiger partial charge in [0.2, 0.25) is 0 Å². The fourth-order valence-corrected chi connectivity index (χ4v) is 3.10. The number of esters is 1. The second kappa shape index (κ2) is 9.48. The van der Waals surface area contributed by atoms with Crippen molar-refractivity contribution >= 4 is 40.8 Å². The van der Waals surface area contributed by atoms with Gasteiger partial charge in [-0.25, -0.2) is 9.78 Å². The van der Waals surface area contributed by atoms with Gasteiger partial charge < -0.3 is 10.1 Å². The first-order valence-electron chi connectivity index (χ1n) is 8.25. The Morgan fingerprint density at radius 2 is 2.00 bits per heavy atom. The first kappa shape index (κ1) is 20.9. The van der Waals surface area contributed by atoms with Gasteiger partial charge in [-0.2, -0.15) is 0 Å². The lowest BCUT2D eigenvalue weighted by Crippen LogP contribution is -2.46. The molecule has 0 aliphatic rings. The Hall–Kier alpha value is -2.45. The molecule has 0 bridgehead atoms. The first-order valence-corrected chi connectivity index (χ1v) is 9.51. The third-order valence-electron chi connectivity index (χ3n) is 3.28. The molecule has 0 fully saturated rings. The standard InChI is InChI=1S/C18H20ClN3O4S/c1-10(2)20-18(25)22-16(24)11(3)26-15(23)8-14-9-27-17(21-14)12-5-4-6-13(19)7-12/h4-7,9-11H,8H2,1-3H3,(H2,20,22,24,25)/t11-/m1/s1. The SMILES string of the molecule is CC(C)NC(=O)NC(=O)[C@@H](C)OC(=O)Cc1csc(-c2cccc(Cl)c2)n1. The number of rotatable bonds is 6. The molecule has 7 nitrogen and oxygen atoms in total. The predicted octanol–water partition coefficient (Wildman–Crippen LogP) is 3.17. The summed E-state index contributed by atoms with van der Waals surface area (Å²) in [5.74, 6) is -1.30. The largest absolute Gasteiger partial charge is 0.452 e. The summed E-state index contributed by atoms with van der Waals surface area (Å²) in [5, 5.41) is 7.72. The quantitative estimate of drug-likeness (QED) is 0.714. The summed E-state index contributed by atoms with van der Waals surface area (Å²) in [7, 11) is 0. The Morgan fingerprint density at radius 3 is 2.67 bits per heavy atom. The topological polar surface area (TPSA) is 97.4 Å². The zero-order valence-electron chi connectivity index (χ0n) is 15.1. The fourth-order valence-electron chi connectivity index (χ4n) is 2.09. The molecule has 0 spiro atoms. The number of thiazole rings is 1. The van der Waals surface area contributed by atoms with Gasteiger partial charge in [0.05, 0.1) is 12.1 Å². The molecule has 0 saturated heterocycles. The van der Waals surface area contributed by atoms with Crippen molar-refractivity contribution in [2.75, 3.05) is 0 Å². The van der Waals surface area contributed by atoms with Crippen LogP contribution in [0.15, 0.2) is 29.6 Å². The van der Waals surface area contributed by atoms with E-state index in [4.69, 9.17) is 16.3 Å². The third kappa shape index (κ3) is 6.65. The van der Waals surface area contributed by atoms with E-state index in [0.717, 1.165) is 10.6 Å². The van der Waals surface area contributed by atoms with Gasteiger partial charge in [0.15, 0.2) is 6.10 Å². The summed E-state index contributed by atoms with van der Waals surface area (Å²) >= 11 is 7.36. The molecule has 1 aromatic heterocycles. The molecule has 0 radical (unpaired) electrons. The van der Waals surface area contributed by atoms with Gasteiger partial charge in [-0.15, -0.1) is 11.3 Å². The highest BCUT2D eigenvalue weighted by Crippen LogP contribution is 2.26. The van der Waals surface area contributed by atoms with Crippen molar-refractivity contribution in [1.82, 2.24) is 15.6 Å². The van der Waals surface area contributed by atoms with Crippen LogP contribution in [0.4, 0.5) is 4.79 Å². The third-order valence-corrected chi connectivity index (χ3v) is 4.46. The maximum absolute atomic E-state index is 12.0. The Morgan fingerprint density at radius 1 is 1.26 bits per heavy atom. The first-order chi connectivity index (χ1) is 12.7. The molecule has 0 saturated carbocycles. The van der Waals surface area contributed by atoms with Crippen LogP contribution in [0.25, 0.3) is 10.6 Å². The number of nitrogens with zero attached hydrogens (tertiary/aromatic N) is 1. The number of nitrogens with one attached hydrogen (secondary N) is 2. The van der Waals surface area contributed by atoms with Crippen molar-refractivity contribution in [3.05, 3.63) is 40.4 Å². The predicted molar refractivity (Wildman–Crippen MR) is 104 cm³/mol. The van der Waals surface area contributed by atoms with Crippen molar-refractivity contribution in [2.45, 2.75) is 39.3 Å². The van der Waals surface area contributed by atoms with Crippen LogP contribution in [0.2, 0.25) is 5.02 Å². The summed E-state index contributed by atoms with van der Waals surface area (Å²) in [5.41, 5.74) is 1.39. The van der Waals surface area contributed by atoms with Crippen molar-refractivity contribution in [2.24, 2.45) is 0 Å². The lowest BCUT2D eigenvalue weighted by molar-refractivity contribution is -0.153. The van der Waals surface area contributed by atoms with Crippen LogP contribution >= 0.6 is 22.9 Å². The summed E-state index contributed by atoms with van der Waals surface area (Å²) in [6.45, 7) is 4.92. The van der Waals surface area contributed by atoms with Gasteiger partial charge in [0.25, 0.3) is 5.91 Å². The number of amides is 3. The molecule has 1 atom stereocenters. The second-order valence-electron chi connectivity index (χ2n) is 6.08. The van der Waals surface area contributed by atoms with E-state index in [2.05, 4.69) is 15.6 Å². The number of hydrogen-bond acceptors (Lipinski definition) is 6. The van der Waals surface area contributed by atoms with E-state index in [1.54, 1.807) is 31.4 Å². The molecule has 1 aromatic carbocycles. The van der Waals surface area contributed by atoms with E-state index >= 15 is 0 Å². The molecule has 1 heterocycles. The molecular formula is C18H20ClN3O4S. The van der Waals surface area contributed by atoms with Crippen LogP contribution in [0.5, 0.6) is 0 Å². The zero-order valence-corrected chi connectivity index (χ0v) is 16.7. The molecular weight excluding hydrogens is 390 g/mol. The van der Waals surface area contributed by atoms with E-state index in [0.29, 0.717) is 10.7 Å². The van der Waals surface area contributed by atoms with Crippen LogP contribution < -0.4 is 10.6 Å². The minimum absolute atomic E-state index is 0.0765. The molecule has 2 rings (SSSR count). The van der Waals surface area contributed by atoms with Crippen molar-refractivity contribution < 1.29 is 19.1 Å². The highest BCUT2D eigenvalue weighted by Gasteiger charge is 2.21. The molecule has 0 aliphatic carbocycles. The van der Waals surface area contributed by atoms with E-state index < -0.39 is 24.0 Å². The molecule has 2 aromatic rings. The summed E-state index contributed by atoms with van der Waals surface area (Å²) in [6, 6.07) is 6.50. The summed E-state index contributed by atoms with van der Waals surface area (Å²) < 4.78 is 5.07. The van der Waals surface area contributed by atoms with Crippen molar-refractivity contribution in [3.63, 3.8) is 0 Å². The fraction of sp³-hybridized carbons (Fsp3) is 0.333. The lowest BCUT2D eigenvalue weighted by Gasteiger charge is -2.14. The number of urea groups is 1. The van der Waals surface area contributed by atoms with Crippen LogP contribution in [-0.2, 0) is 20.7 Å². The Balaban J connectivity index is 1.88. The van der Waals surface area contributed by atoms with Gasteiger partial charge in [0.1, 0.15) is 5.01 Å². The van der Waals surface area contributed by atoms with Gasteiger partial charge in [-0.1, -0.05) is 23.7 Å². The van der Waals surface area contributed by atoms with Crippen LogP contribution in [-0.4, -0.2) is 35.0 Å². The Kier molecular flexibility index (Phi) is 7.32. The molecule has 144 valence electrons. The van der Waals surface area contributed by atoms with Gasteiger partial charge in [-0.05, 0) is 32.9 Å². The van der Waals surface area contributed by atoms with Crippen molar-refractivity contribution in [3.8, 4) is 10.6 Å². The summed E-state index contributed by atoms with van der Waals surface area (Å²) in [4.78, 5) is 39.8. The molecule has 3 amide bonds. The number of imide groups is 1. The second-order valence-corrected chi connectivity index (χ2v) is 7.38. The van der Waals surface area contributed by atoms with Gasteiger partial charge in [0, 0.05) is 22.0 Å². The Bertz CT molecular complexity index is 838. The minimum atomic E-state index is -1.10. The zero-order chi connectivity index (χ0) is 20.0. The highest BCUT2D eigenvalue weighted by molar-refractivity contribution is 7.13. The van der Waals surface area contributed by atoms with E-state index in [9.17, 15) is 14.4 Å². The van der Waals surface area contributed by atoms with E-state index in [1.165, 1.54) is 18.3 Å². The van der Waals surface area contributed by atoms with Crippen LogP contribution in [0.1, 0.15) is 26.5 Å². The summed E-state index contributed by atoms with van der Waals surface area (Å²) in [6.07, 6.45) is -1.17. The molecule has 9 heteroatoms. The Labute approximate surface area is 166 Å². The lowest BCUT2D eigenvalue weighted by atomic mass is 10.2. The van der Waals surface area contributed by atoms with E-state index in [-0.39, 0.29) is 12.5 Å². The van der Waals surface area contributed by atoms with Gasteiger partial charge >= 0.3 is 12.0 Å². The minimum Gasteiger partial charge on any atom is -0.452 e. The van der Waals surface area contributed by atoms with Gasteiger partial charge in [-0.3, -0.25) is 14.9 Å². The average molecular weight is 410 g/mol. The highest BCUT2D eigenvalue weighted by atomic mass is 35.5. The number of benzene rings is 1. The molecule has 2 N–H and O–H groups in total. The maximum Gasteiger partial charge on any atom is 0.321 e. The van der Waals surface area contributed by atoms with Crippen molar-refractivity contribution in [1.29, 1.82) is 0 Å². The number of carbonyl (C=O) groups excluding carboxylic acids is 3. The molecule has 0 unspecified atom stereocenters. The number of aromatic nitrogens is 1. The van der Waals surface area contributed by atoms with Crippen LogP contribution in [0, 0.1) is 0 Å². The number of halogens is 1. The normalized spacial score (nSPS) is 11.7. The number of hydrogen-bond donors (Lipinski definition) is 2. The van der Waals surface area contributed by atoms with E-state index in [1.807, 2.05) is 12.1 Å². The maximum atomic E-state index is 12.0. The van der Waals surface area contributed by atoms with Crippen LogP contribution in [0.3, 0.4) is 0 Å². The number of carbonyl (C=O) groups is 3.